The Morgan fingerprint density at radius 1 is 1.26 bits per heavy atom. The molecular formula is C16H19NOS. The second-order valence-electron chi connectivity index (χ2n) is 5.06. The lowest BCUT2D eigenvalue weighted by molar-refractivity contribution is 0.357. The maximum absolute atomic E-state index is 5.58. The first kappa shape index (κ1) is 12.7. The van der Waals surface area contributed by atoms with Gasteiger partial charge in [0.05, 0.1) is 12.6 Å². The van der Waals surface area contributed by atoms with Gasteiger partial charge in [-0.05, 0) is 49.7 Å². The van der Waals surface area contributed by atoms with E-state index in [1.807, 2.05) is 18.4 Å². The number of fused-ring (bicyclic) bond motifs is 1. The smallest absolute Gasteiger partial charge is 0.122 e. The lowest BCUT2D eigenvalue weighted by Gasteiger charge is -2.17. The number of hydrogen-bond donors (Lipinski definition) is 1. The van der Waals surface area contributed by atoms with Crippen molar-refractivity contribution < 1.29 is 4.74 Å². The standard InChI is InChI=1S/C16H19NOS/c1-10-8-14(11(2)19-10)16(17-3)13-4-5-15-12(9-13)6-7-18-15/h4-5,8-9,16-17H,6-7H2,1-3H3. The van der Waals surface area contributed by atoms with Gasteiger partial charge in [0, 0.05) is 16.2 Å². The lowest BCUT2D eigenvalue weighted by Crippen LogP contribution is -2.17. The van der Waals surface area contributed by atoms with Gasteiger partial charge < -0.3 is 10.1 Å². The van der Waals surface area contributed by atoms with Gasteiger partial charge in [-0.1, -0.05) is 12.1 Å². The highest BCUT2D eigenvalue weighted by atomic mass is 32.1. The van der Waals surface area contributed by atoms with Crippen LogP contribution in [-0.4, -0.2) is 13.7 Å². The minimum atomic E-state index is 0.274. The highest BCUT2D eigenvalue weighted by Gasteiger charge is 2.19. The normalized spacial score (nSPS) is 15.1. The molecule has 1 aromatic carbocycles. The van der Waals surface area contributed by atoms with Gasteiger partial charge in [0.15, 0.2) is 0 Å². The van der Waals surface area contributed by atoms with Gasteiger partial charge in [-0.25, -0.2) is 0 Å². The molecule has 0 aliphatic carbocycles. The predicted octanol–water partition coefficient (Wildman–Crippen LogP) is 3.61. The zero-order valence-electron chi connectivity index (χ0n) is 11.6. The second kappa shape index (κ2) is 4.99. The van der Waals surface area contributed by atoms with Crippen LogP contribution in [0.25, 0.3) is 0 Å². The van der Waals surface area contributed by atoms with Crippen LogP contribution in [0.15, 0.2) is 24.3 Å². The zero-order valence-corrected chi connectivity index (χ0v) is 12.4. The van der Waals surface area contributed by atoms with Crippen molar-refractivity contribution >= 4 is 11.3 Å². The highest BCUT2D eigenvalue weighted by Crippen LogP contribution is 2.33. The minimum Gasteiger partial charge on any atom is -0.493 e. The van der Waals surface area contributed by atoms with Crippen molar-refractivity contribution in [3.63, 3.8) is 0 Å². The summed E-state index contributed by atoms with van der Waals surface area (Å²) in [6, 6.07) is 9.14. The van der Waals surface area contributed by atoms with E-state index in [9.17, 15) is 0 Å². The van der Waals surface area contributed by atoms with Crippen LogP contribution in [0.5, 0.6) is 5.75 Å². The molecule has 1 aliphatic rings. The molecular weight excluding hydrogens is 254 g/mol. The molecule has 0 fully saturated rings. The molecule has 3 heteroatoms. The lowest BCUT2D eigenvalue weighted by atomic mass is 9.97. The Balaban J connectivity index is 2.00. The van der Waals surface area contributed by atoms with Crippen LogP contribution >= 0.6 is 11.3 Å². The number of aryl methyl sites for hydroxylation is 2. The van der Waals surface area contributed by atoms with Gasteiger partial charge in [-0.2, -0.15) is 0 Å². The topological polar surface area (TPSA) is 21.3 Å². The summed E-state index contributed by atoms with van der Waals surface area (Å²) in [7, 11) is 2.03. The van der Waals surface area contributed by atoms with Crippen LogP contribution in [0.3, 0.4) is 0 Å². The van der Waals surface area contributed by atoms with E-state index in [1.54, 1.807) is 0 Å². The molecule has 2 heterocycles. The Kier molecular flexibility index (Phi) is 3.33. The van der Waals surface area contributed by atoms with Crippen LogP contribution in [0.4, 0.5) is 0 Å². The van der Waals surface area contributed by atoms with Crippen LogP contribution in [0, 0.1) is 13.8 Å². The summed E-state index contributed by atoms with van der Waals surface area (Å²) in [4.78, 5) is 2.77. The third-order valence-electron chi connectivity index (χ3n) is 3.73. The summed E-state index contributed by atoms with van der Waals surface area (Å²) in [5, 5.41) is 3.45. The van der Waals surface area contributed by atoms with Crippen molar-refractivity contribution in [3.05, 3.63) is 50.7 Å². The molecule has 0 saturated carbocycles. The summed E-state index contributed by atoms with van der Waals surface area (Å²) in [6.07, 6.45) is 1.03. The first-order chi connectivity index (χ1) is 9.19. The zero-order chi connectivity index (χ0) is 13.4. The SMILES string of the molecule is CNC(c1ccc2c(c1)CCO2)c1cc(C)sc1C. The number of nitrogens with one attached hydrogen (secondary N) is 1. The average Bonchev–Trinajstić information content (AvgIpc) is 2.97. The van der Waals surface area contributed by atoms with Crippen LogP contribution in [-0.2, 0) is 6.42 Å². The summed E-state index contributed by atoms with van der Waals surface area (Å²) < 4.78 is 5.58. The number of thiophene rings is 1. The summed E-state index contributed by atoms with van der Waals surface area (Å²) in [5.41, 5.74) is 4.05. The van der Waals surface area contributed by atoms with Gasteiger partial charge >= 0.3 is 0 Å². The fraction of sp³-hybridized carbons (Fsp3) is 0.375. The number of ether oxygens (including phenoxy) is 1. The average molecular weight is 273 g/mol. The largest absolute Gasteiger partial charge is 0.493 e. The molecule has 0 saturated heterocycles. The van der Waals surface area contributed by atoms with Crippen molar-refractivity contribution in [2.75, 3.05) is 13.7 Å². The van der Waals surface area contributed by atoms with Gasteiger partial charge in [-0.3, -0.25) is 0 Å². The Bertz CT molecular complexity index is 603. The third-order valence-corrected chi connectivity index (χ3v) is 4.71. The van der Waals surface area contributed by atoms with E-state index in [1.165, 1.54) is 26.4 Å². The van der Waals surface area contributed by atoms with Gasteiger partial charge in [0.25, 0.3) is 0 Å². The van der Waals surface area contributed by atoms with E-state index in [-0.39, 0.29) is 6.04 Å². The van der Waals surface area contributed by atoms with E-state index in [0.717, 1.165) is 18.8 Å². The monoisotopic (exact) mass is 273 g/mol. The molecule has 0 spiro atoms. The highest BCUT2D eigenvalue weighted by molar-refractivity contribution is 7.12. The fourth-order valence-corrected chi connectivity index (χ4v) is 3.79. The molecule has 0 bridgehead atoms. The molecule has 2 nitrogen and oxygen atoms in total. The molecule has 1 atom stereocenters. The van der Waals surface area contributed by atoms with Gasteiger partial charge in [-0.15, -0.1) is 11.3 Å². The molecule has 100 valence electrons. The Labute approximate surface area is 118 Å². The van der Waals surface area contributed by atoms with Crippen molar-refractivity contribution in [3.8, 4) is 5.75 Å². The molecule has 2 aromatic rings. The molecule has 1 N–H and O–H groups in total. The predicted molar refractivity (Wildman–Crippen MR) is 80.3 cm³/mol. The van der Waals surface area contributed by atoms with Crippen molar-refractivity contribution in [2.45, 2.75) is 26.3 Å². The molecule has 19 heavy (non-hydrogen) atoms. The number of rotatable bonds is 3. The second-order valence-corrected chi connectivity index (χ2v) is 6.52. The molecule has 3 rings (SSSR count). The van der Waals surface area contributed by atoms with E-state index < -0.39 is 0 Å². The van der Waals surface area contributed by atoms with E-state index in [2.05, 4.69) is 43.4 Å². The summed E-state index contributed by atoms with van der Waals surface area (Å²) in [5.74, 6) is 1.05. The maximum atomic E-state index is 5.58. The van der Waals surface area contributed by atoms with Crippen LogP contribution in [0.1, 0.15) is 32.5 Å². The fourth-order valence-electron chi connectivity index (χ4n) is 2.82. The van der Waals surface area contributed by atoms with Gasteiger partial charge in [0.1, 0.15) is 5.75 Å². The van der Waals surface area contributed by atoms with Gasteiger partial charge in [0.2, 0.25) is 0 Å². The molecule has 0 amide bonds. The Morgan fingerprint density at radius 2 is 2.11 bits per heavy atom. The first-order valence-electron chi connectivity index (χ1n) is 6.69. The third kappa shape index (κ3) is 2.28. The number of benzene rings is 1. The minimum absolute atomic E-state index is 0.274. The number of hydrogen-bond acceptors (Lipinski definition) is 3. The molecule has 1 aromatic heterocycles. The van der Waals surface area contributed by atoms with Crippen molar-refractivity contribution in [1.82, 2.24) is 5.32 Å². The Morgan fingerprint density at radius 3 is 2.79 bits per heavy atom. The van der Waals surface area contributed by atoms with Crippen LogP contribution in [0.2, 0.25) is 0 Å². The van der Waals surface area contributed by atoms with Crippen molar-refractivity contribution in [1.29, 1.82) is 0 Å². The quantitative estimate of drug-likeness (QED) is 0.922. The van der Waals surface area contributed by atoms with Crippen molar-refractivity contribution in [2.24, 2.45) is 0 Å². The van der Waals surface area contributed by atoms with E-state index in [0.29, 0.717) is 0 Å². The first-order valence-corrected chi connectivity index (χ1v) is 7.50. The molecule has 1 aliphatic heterocycles. The van der Waals surface area contributed by atoms with E-state index >= 15 is 0 Å². The maximum Gasteiger partial charge on any atom is 0.122 e. The molecule has 0 radical (unpaired) electrons. The summed E-state index contributed by atoms with van der Waals surface area (Å²) in [6.45, 7) is 5.19. The molecule has 1 unspecified atom stereocenters. The van der Waals surface area contributed by atoms with E-state index in [4.69, 9.17) is 4.74 Å². The Hall–Kier alpha value is -1.32. The summed E-state index contributed by atoms with van der Waals surface area (Å²) >= 11 is 1.87. The van der Waals surface area contributed by atoms with Crippen LogP contribution < -0.4 is 10.1 Å².